The minimum Gasteiger partial charge on any atom is -0.476 e. The molecule has 0 aromatic heterocycles. The van der Waals surface area contributed by atoms with Crippen molar-refractivity contribution in [3.05, 3.63) is 11.9 Å². The Morgan fingerprint density at radius 3 is 2.70 bits per heavy atom. The molecule has 0 heterocycles. The van der Waals surface area contributed by atoms with E-state index in [4.69, 9.17) is 10.8 Å². The molecular formula is C6H10FNO2. The monoisotopic (exact) mass is 147 g/mol. The molecule has 0 saturated heterocycles. The Balaban J connectivity index is 3.58. The molecule has 0 saturated carbocycles. The fourth-order valence-corrected chi connectivity index (χ4v) is 0.434. The molecule has 0 fully saturated rings. The summed E-state index contributed by atoms with van der Waals surface area (Å²) >= 11 is 0. The van der Waals surface area contributed by atoms with Gasteiger partial charge in [-0.3, -0.25) is 0 Å². The fourth-order valence-electron chi connectivity index (χ4n) is 0.434. The average Bonchev–Trinajstić information content (AvgIpc) is 1.88. The van der Waals surface area contributed by atoms with Crippen molar-refractivity contribution in [2.75, 3.05) is 6.54 Å². The summed E-state index contributed by atoms with van der Waals surface area (Å²) < 4.78 is 12.1. The van der Waals surface area contributed by atoms with Crippen LogP contribution < -0.4 is 5.73 Å². The zero-order chi connectivity index (χ0) is 7.98. The van der Waals surface area contributed by atoms with Crippen LogP contribution >= 0.6 is 0 Å². The molecule has 58 valence electrons. The maximum absolute atomic E-state index is 12.1. The highest BCUT2D eigenvalue weighted by Gasteiger charge is 2.02. The quantitative estimate of drug-likeness (QED) is 0.453. The van der Waals surface area contributed by atoms with Crippen LogP contribution in [0.15, 0.2) is 11.9 Å². The summed E-state index contributed by atoms with van der Waals surface area (Å²) in [6.07, 6.45) is 2.02. The Hall–Kier alpha value is -0.900. The van der Waals surface area contributed by atoms with E-state index in [-0.39, 0.29) is 0 Å². The van der Waals surface area contributed by atoms with Gasteiger partial charge >= 0.3 is 5.97 Å². The molecule has 0 spiro atoms. The Bertz CT molecular complexity index is 145. The molecule has 0 aliphatic carbocycles. The van der Waals surface area contributed by atoms with Crippen molar-refractivity contribution < 1.29 is 14.3 Å². The van der Waals surface area contributed by atoms with E-state index in [9.17, 15) is 9.18 Å². The lowest BCUT2D eigenvalue weighted by atomic mass is 10.3. The predicted molar refractivity (Wildman–Crippen MR) is 35.1 cm³/mol. The summed E-state index contributed by atoms with van der Waals surface area (Å²) in [6.45, 7) is 0.448. The number of hydrogen-bond acceptors (Lipinski definition) is 2. The van der Waals surface area contributed by atoms with Gasteiger partial charge in [0.1, 0.15) is 0 Å². The topological polar surface area (TPSA) is 63.3 Å². The van der Waals surface area contributed by atoms with Gasteiger partial charge in [-0.15, -0.1) is 0 Å². The van der Waals surface area contributed by atoms with Crippen LogP contribution in [0.4, 0.5) is 4.39 Å². The van der Waals surface area contributed by atoms with Gasteiger partial charge in [-0.05, 0) is 25.5 Å². The Kier molecular flexibility index (Phi) is 4.49. The van der Waals surface area contributed by atoms with Crippen LogP contribution in [-0.2, 0) is 4.79 Å². The molecule has 4 heteroatoms. The second-order valence-electron chi connectivity index (χ2n) is 1.79. The smallest absolute Gasteiger partial charge is 0.364 e. The van der Waals surface area contributed by atoms with Crippen LogP contribution in [0, 0.1) is 0 Å². The van der Waals surface area contributed by atoms with Gasteiger partial charge in [-0.25, -0.2) is 4.79 Å². The number of rotatable bonds is 4. The van der Waals surface area contributed by atoms with Crippen molar-refractivity contribution in [1.29, 1.82) is 0 Å². The Morgan fingerprint density at radius 1 is 1.70 bits per heavy atom. The maximum Gasteiger partial charge on any atom is 0.364 e. The molecule has 0 aromatic carbocycles. The Labute approximate surface area is 58.3 Å². The van der Waals surface area contributed by atoms with Crippen LogP contribution in [0.1, 0.15) is 12.8 Å². The van der Waals surface area contributed by atoms with Crippen molar-refractivity contribution in [2.45, 2.75) is 12.8 Å². The van der Waals surface area contributed by atoms with Crippen molar-refractivity contribution >= 4 is 5.97 Å². The van der Waals surface area contributed by atoms with E-state index in [0.717, 1.165) is 6.08 Å². The van der Waals surface area contributed by atoms with Crippen molar-refractivity contribution in [3.63, 3.8) is 0 Å². The van der Waals surface area contributed by atoms with Gasteiger partial charge in [-0.1, -0.05) is 0 Å². The van der Waals surface area contributed by atoms with Gasteiger partial charge in [0.05, 0.1) is 0 Å². The van der Waals surface area contributed by atoms with E-state index in [0.29, 0.717) is 19.4 Å². The first-order chi connectivity index (χ1) is 4.68. The molecule has 0 radical (unpaired) electrons. The van der Waals surface area contributed by atoms with E-state index in [1.807, 2.05) is 0 Å². The number of allylic oxidation sites excluding steroid dienone is 1. The van der Waals surface area contributed by atoms with Gasteiger partial charge < -0.3 is 10.8 Å². The third-order valence-electron chi connectivity index (χ3n) is 0.936. The predicted octanol–water partition coefficient (Wildman–Crippen LogP) is 0.663. The second-order valence-corrected chi connectivity index (χ2v) is 1.79. The van der Waals surface area contributed by atoms with Gasteiger partial charge in [0, 0.05) is 0 Å². The van der Waals surface area contributed by atoms with Crippen LogP contribution in [-0.4, -0.2) is 17.6 Å². The zero-order valence-electron chi connectivity index (χ0n) is 5.51. The van der Waals surface area contributed by atoms with Gasteiger partial charge in [0.25, 0.3) is 0 Å². The second kappa shape index (κ2) is 4.93. The SMILES string of the molecule is NCCC/C=C(/F)C(=O)O. The van der Waals surface area contributed by atoms with Crippen LogP contribution in [0.25, 0.3) is 0 Å². The molecule has 0 aromatic rings. The summed E-state index contributed by atoms with van der Waals surface area (Å²) in [6, 6.07) is 0. The lowest BCUT2D eigenvalue weighted by molar-refractivity contribution is -0.134. The maximum atomic E-state index is 12.1. The average molecular weight is 147 g/mol. The number of hydrogen-bond donors (Lipinski definition) is 2. The lowest BCUT2D eigenvalue weighted by Crippen LogP contribution is -1.98. The van der Waals surface area contributed by atoms with Crippen LogP contribution in [0.3, 0.4) is 0 Å². The molecule has 0 amide bonds. The normalized spacial score (nSPS) is 11.6. The van der Waals surface area contributed by atoms with E-state index in [1.54, 1.807) is 0 Å². The first-order valence-corrected chi connectivity index (χ1v) is 2.97. The number of unbranched alkanes of at least 4 members (excludes halogenated alkanes) is 1. The summed E-state index contributed by atoms with van der Waals surface area (Å²) in [5.41, 5.74) is 5.09. The van der Waals surface area contributed by atoms with E-state index >= 15 is 0 Å². The summed E-state index contributed by atoms with van der Waals surface area (Å²) in [7, 11) is 0. The molecule has 0 aliphatic rings. The number of carbonyl (C=O) groups is 1. The highest BCUT2D eigenvalue weighted by Crippen LogP contribution is 1.99. The number of halogens is 1. The third kappa shape index (κ3) is 4.03. The minimum atomic E-state index is -1.52. The van der Waals surface area contributed by atoms with Crippen LogP contribution in [0.5, 0.6) is 0 Å². The molecule has 0 unspecified atom stereocenters. The van der Waals surface area contributed by atoms with Crippen molar-refractivity contribution in [1.82, 2.24) is 0 Å². The van der Waals surface area contributed by atoms with Gasteiger partial charge in [-0.2, -0.15) is 4.39 Å². The highest BCUT2D eigenvalue weighted by molar-refractivity contribution is 5.83. The van der Waals surface area contributed by atoms with Crippen LogP contribution in [0.2, 0.25) is 0 Å². The first-order valence-electron chi connectivity index (χ1n) is 2.97. The Morgan fingerprint density at radius 2 is 2.30 bits per heavy atom. The standard InChI is InChI=1S/C6H10FNO2/c7-5(6(9)10)3-1-2-4-8/h3H,1-2,4,8H2,(H,9,10)/b5-3+. The molecule has 3 nitrogen and oxygen atoms in total. The number of aliphatic carboxylic acids is 1. The number of nitrogens with two attached hydrogens (primary N) is 1. The highest BCUT2D eigenvalue weighted by atomic mass is 19.1. The van der Waals surface area contributed by atoms with Gasteiger partial charge in [0.2, 0.25) is 5.83 Å². The van der Waals surface area contributed by atoms with Gasteiger partial charge in [0.15, 0.2) is 0 Å². The lowest BCUT2D eigenvalue weighted by Gasteiger charge is -1.89. The minimum absolute atomic E-state index is 0.384. The zero-order valence-corrected chi connectivity index (χ0v) is 5.51. The molecular weight excluding hydrogens is 137 g/mol. The molecule has 0 aliphatic heterocycles. The number of carboxylic acid groups (broad SMARTS) is 1. The summed E-state index contributed by atoms with van der Waals surface area (Å²) in [4.78, 5) is 9.82. The largest absolute Gasteiger partial charge is 0.476 e. The molecule has 0 atom stereocenters. The number of carboxylic acids is 1. The molecule has 3 N–H and O–H groups in total. The van der Waals surface area contributed by atoms with E-state index in [1.165, 1.54) is 0 Å². The third-order valence-corrected chi connectivity index (χ3v) is 0.936. The van der Waals surface area contributed by atoms with E-state index < -0.39 is 11.8 Å². The van der Waals surface area contributed by atoms with Crippen molar-refractivity contribution in [2.24, 2.45) is 5.73 Å². The fraction of sp³-hybridized carbons (Fsp3) is 0.500. The molecule has 10 heavy (non-hydrogen) atoms. The van der Waals surface area contributed by atoms with Crippen molar-refractivity contribution in [3.8, 4) is 0 Å². The summed E-state index contributed by atoms with van der Waals surface area (Å²) in [5.74, 6) is -2.62. The molecule has 0 bridgehead atoms. The summed E-state index contributed by atoms with van der Waals surface area (Å²) in [5, 5.41) is 8.01. The molecule has 0 rings (SSSR count). The first kappa shape index (κ1) is 9.10. The van der Waals surface area contributed by atoms with E-state index in [2.05, 4.69) is 0 Å².